The molecule has 1 aliphatic rings. The highest BCUT2D eigenvalue weighted by Crippen LogP contribution is 2.33. The molecular formula is C7H7NO2S. The van der Waals surface area contributed by atoms with Gasteiger partial charge in [-0.25, -0.2) is 0 Å². The van der Waals surface area contributed by atoms with Crippen LogP contribution in [0.3, 0.4) is 0 Å². The van der Waals surface area contributed by atoms with E-state index in [0.717, 1.165) is 5.56 Å². The third kappa shape index (κ3) is 0.772. The summed E-state index contributed by atoms with van der Waals surface area (Å²) in [7, 11) is 0. The van der Waals surface area contributed by atoms with Gasteiger partial charge in [-0.05, 0) is 17.0 Å². The highest BCUT2D eigenvalue weighted by Gasteiger charge is 2.36. The van der Waals surface area contributed by atoms with Crippen molar-refractivity contribution < 1.29 is 9.90 Å². The lowest BCUT2D eigenvalue weighted by Gasteiger charge is -2.05. The Balaban J connectivity index is 2.56. The lowest BCUT2D eigenvalue weighted by Crippen LogP contribution is -2.25. The average Bonchev–Trinajstić information content (AvgIpc) is 2.53. The number of ketones is 1. The minimum Gasteiger partial charge on any atom is -0.383 e. The summed E-state index contributed by atoms with van der Waals surface area (Å²) in [6.07, 6.45) is -1.02. The number of hydrogen-bond acceptors (Lipinski definition) is 4. The second kappa shape index (κ2) is 2.14. The first-order chi connectivity index (χ1) is 5.22. The molecule has 0 fully saturated rings. The van der Waals surface area contributed by atoms with Crippen LogP contribution in [0.5, 0.6) is 0 Å². The first kappa shape index (κ1) is 6.97. The molecule has 0 spiro atoms. The maximum atomic E-state index is 11.1. The minimum atomic E-state index is -1.02. The van der Waals surface area contributed by atoms with Crippen molar-refractivity contribution in [1.82, 2.24) is 0 Å². The van der Waals surface area contributed by atoms with Gasteiger partial charge >= 0.3 is 0 Å². The van der Waals surface area contributed by atoms with Gasteiger partial charge in [0.25, 0.3) is 0 Å². The maximum Gasteiger partial charge on any atom is 0.203 e. The molecule has 2 unspecified atom stereocenters. The Hall–Kier alpha value is -0.710. The smallest absolute Gasteiger partial charge is 0.203 e. The summed E-state index contributed by atoms with van der Waals surface area (Å²) in [6, 6.07) is 1.28. The molecule has 0 bridgehead atoms. The molecule has 3 nitrogen and oxygen atoms in total. The van der Waals surface area contributed by atoms with E-state index in [1.165, 1.54) is 11.3 Å². The van der Waals surface area contributed by atoms with Crippen molar-refractivity contribution in [1.29, 1.82) is 0 Å². The zero-order valence-corrected chi connectivity index (χ0v) is 6.47. The Morgan fingerprint density at radius 2 is 2.36 bits per heavy atom. The molecule has 11 heavy (non-hydrogen) atoms. The molecule has 0 aromatic carbocycles. The van der Waals surface area contributed by atoms with Gasteiger partial charge in [0.2, 0.25) is 5.78 Å². The van der Waals surface area contributed by atoms with Crippen LogP contribution in [0.1, 0.15) is 21.3 Å². The molecule has 3 N–H and O–H groups in total. The van der Waals surface area contributed by atoms with Gasteiger partial charge in [-0.15, -0.1) is 11.3 Å². The maximum absolute atomic E-state index is 11.1. The fourth-order valence-corrected chi connectivity index (χ4v) is 2.18. The molecule has 1 aromatic heterocycles. The molecule has 4 heteroatoms. The van der Waals surface area contributed by atoms with Crippen molar-refractivity contribution in [3.05, 3.63) is 21.9 Å². The summed E-state index contributed by atoms with van der Waals surface area (Å²) in [6.45, 7) is 0. The summed E-state index contributed by atoms with van der Waals surface area (Å²) in [5, 5.41) is 11.0. The molecular weight excluding hydrogens is 162 g/mol. The van der Waals surface area contributed by atoms with Crippen molar-refractivity contribution >= 4 is 17.1 Å². The lowest BCUT2D eigenvalue weighted by atomic mass is 10.2. The predicted octanol–water partition coefficient (Wildman–Crippen LogP) is 0.305. The Kier molecular flexibility index (Phi) is 1.35. The molecule has 1 heterocycles. The molecule has 0 amide bonds. The number of aliphatic hydroxyl groups excluding tert-OH is 1. The van der Waals surface area contributed by atoms with E-state index in [-0.39, 0.29) is 5.78 Å². The first-order valence-corrected chi connectivity index (χ1v) is 4.15. The number of carbonyl (C=O) groups is 1. The lowest BCUT2D eigenvalue weighted by molar-refractivity contribution is 0.0739. The fourth-order valence-electron chi connectivity index (χ4n) is 1.25. The minimum absolute atomic E-state index is 0.234. The zero-order valence-electron chi connectivity index (χ0n) is 5.65. The molecule has 0 saturated heterocycles. The van der Waals surface area contributed by atoms with Crippen LogP contribution in [0.4, 0.5) is 0 Å². The van der Waals surface area contributed by atoms with E-state index in [2.05, 4.69) is 0 Å². The van der Waals surface area contributed by atoms with E-state index in [1.54, 1.807) is 6.07 Å². The third-order valence-corrected chi connectivity index (χ3v) is 2.83. The highest BCUT2D eigenvalue weighted by molar-refractivity contribution is 7.12. The Morgan fingerprint density at radius 1 is 1.64 bits per heavy atom. The van der Waals surface area contributed by atoms with Gasteiger partial charge in [-0.2, -0.15) is 0 Å². The zero-order chi connectivity index (χ0) is 8.01. The van der Waals surface area contributed by atoms with E-state index < -0.39 is 12.1 Å². The van der Waals surface area contributed by atoms with Gasteiger partial charge < -0.3 is 10.8 Å². The number of hydrogen-bond donors (Lipinski definition) is 2. The molecule has 0 saturated carbocycles. The fraction of sp³-hybridized carbons (Fsp3) is 0.286. The predicted molar refractivity (Wildman–Crippen MR) is 41.6 cm³/mol. The van der Waals surface area contributed by atoms with E-state index in [0.29, 0.717) is 4.88 Å². The molecule has 0 radical (unpaired) electrons. The third-order valence-electron chi connectivity index (χ3n) is 1.89. The molecule has 58 valence electrons. The number of fused-ring (bicyclic) bond motifs is 1. The van der Waals surface area contributed by atoms with E-state index in [1.807, 2.05) is 5.38 Å². The largest absolute Gasteiger partial charge is 0.383 e. The van der Waals surface area contributed by atoms with Crippen LogP contribution < -0.4 is 5.73 Å². The van der Waals surface area contributed by atoms with Crippen molar-refractivity contribution in [2.24, 2.45) is 5.73 Å². The number of rotatable bonds is 0. The van der Waals surface area contributed by atoms with Crippen molar-refractivity contribution in [2.75, 3.05) is 0 Å². The van der Waals surface area contributed by atoms with Crippen LogP contribution in [-0.4, -0.2) is 17.0 Å². The summed E-state index contributed by atoms with van der Waals surface area (Å²) in [5.74, 6) is -0.234. The topological polar surface area (TPSA) is 63.3 Å². The van der Waals surface area contributed by atoms with Crippen LogP contribution in [0.2, 0.25) is 0 Å². The standard InChI is InChI=1S/C7H7NO2S/c8-4-3-1-2-11-7(3)6(10)5(4)9/h1-2,4-5,9H,8H2. The van der Waals surface area contributed by atoms with E-state index >= 15 is 0 Å². The summed E-state index contributed by atoms with van der Waals surface area (Å²) in [5.41, 5.74) is 6.35. The monoisotopic (exact) mass is 169 g/mol. The van der Waals surface area contributed by atoms with Crippen LogP contribution >= 0.6 is 11.3 Å². The van der Waals surface area contributed by atoms with Gasteiger partial charge in [-0.1, -0.05) is 0 Å². The first-order valence-electron chi connectivity index (χ1n) is 3.27. The number of nitrogens with two attached hydrogens (primary N) is 1. The van der Waals surface area contributed by atoms with Crippen LogP contribution in [0.25, 0.3) is 0 Å². The normalized spacial score (nSPS) is 29.1. The van der Waals surface area contributed by atoms with Crippen LogP contribution in [-0.2, 0) is 0 Å². The SMILES string of the molecule is NC1c2ccsc2C(=O)C1O. The second-order valence-corrected chi connectivity index (χ2v) is 3.46. The molecule has 1 aromatic rings. The van der Waals surface area contributed by atoms with Gasteiger partial charge in [0, 0.05) is 0 Å². The molecule has 0 aliphatic heterocycles. The Morgan fingerprint density at radius 3 is 3.00 bits per heavy atom. The molecule has 2 atom stereocenters. The van der Waals surface area contributed by atoms with E-state index in [9.17, 15) is 9.90 Å². The summed E-state index contributed by atoms with van der Waals surface area (Å²) in [4.78, 5) is 11.8. The van der Waals surface area contributed by atoms with Gasteiger partial charge in [0.05, 0.1) is 10.9 Å². The van der Waals surface area contributed by atoms with E-state index in [4.69, 9.17) is 5.73 Å². The molecule has 1 aliphatic carbocycles. The van der Waals surface area contributed by atoms with Gasteiger partial charge in [0.15, 0.2) is 0 Å². The van der Waals surface area contributed by atoms with Crippen molar-refractivity contribution in [3.63, 3.8) is 0 Å². The summed E-state index contributed by atoms with van der Waals surface area (Å²) < 4.78 is 0. The number of aliphatic hydroxyl groups is 1. The Bertz CT molecular complexity index is 307. The average molecular weight is 169 g/mol. The molecule has 2 rings (SSSR count). The number of carbonyl (C=O) groups excluding carboxylic acids is 1. The van der Waals surface area contributed by atoms with Crippen molar-refractivity contribution in [3.8, 4) is 0 Å². The quantitative estimate of drug-likeness (QED) is 0.587. The van der Waals surface area contributed by atoms with Crippen molar-refractivity contribution in [2.45, 2.75) is 12.1 Å². The highest BCUT2D eigenvalue weighted by atomic mass is 32.1. The number of Topliss-reactive ketones (excluding diaryl/α,β-unsaturated/α-hetero) is 1. The second-order valence-electron chi connectivity index (χ2n) is 2.54. The van der Waals surface area contributed by atoms with Crippen LogP contribution in [0, 0.1) is 0 Å². The van der Waals surface area contributed by atoms with Gasteiger partial charge in [0.1, 0.15) is 6.10 Å². The van der Waals surface area contributed by atoms with Gasteiger partial charge in [-0.3, -0.25) is 4.79 Å². The number of thiophene rings is 1. The Labute approximate surface area is 67.5 Å². The van der Waals surface area contributed by atoms with Crippen LogP contribution in [0.15, 0.2) is 11.4 Å². The summed E-state index contributed by atoms with van der Waals surface area (Å²) >= 11 is 1.34.